The molecule has 0 aliphatic carbocycles. The van der Waals surface area contributed by atoms with Crippen molar-refractivity contribution in [2.24, 2.45) is 0 Å². The fourth-order valence-corrected chi connectivity index (χ4v) is 3.16. The minimum absolute atomic E-state index is 0.559. The van der Waals surface area contributed by atoms with Crippen LogP contribution in [0.15, 0.2) is 48.7 Å². The van der Waals surface area contributed by atoms with E-state index in [0.29, 0.717) is 17.2 Å². The number of nitrogens with one attached hydrogen (secondary N) is 3. The minimum atomic E-state index is 0.559. The van der Waals surface area contributed by atoms with Crippen LogP contribution in [0.1, 0.15) is 0 Å². The van der Waals surface area contributed by atoms with Crippen LogP contribution in [0.3, 0.4) is 0 Å². The summed E-state index contributed by atoms with van der Waals surface area (Å²) >= 11 is 0. The third-order valence-electron chi connectivity index (χ3n) is 4.39. The van der Waals surface area contributed by atoms with Crippen molar-refractivity contribution in [3.63, 3.8) is 0 Å². The predicted molar refractivity (Wildman–Crippen MR) is 105 cm³/mol. The van der Waals surface area contributed by atoms with Crippen LogP contribution in [0.2, 0.25) is 0 Å². The van der Waals surface area contributed by atoms with Crippen LogP contribution in [0.4, 0.5) is 11.5 Å². The summed E-state index contributed by atoms with van der Waals surface area (Å²) in [5.41, 5.74) is 3.86. The smallest absolute Gasteiger partial charge is 0.203 e. The standard InChI is InChI=1S/C20H20N4O3/c1-25-16-10-13(11-17(26-2)20(16)27-3)22-18-9-12-5-4-6-14(19(12)23-18)15-7-8-21-24-15/h4-11,22-23H,1-3H3,(H,21,24). The van der Waals surface area contributed by atoms with Gasteiger partial charge in [0.2, 0.25) is 5.75 Å². The minimum Gasteiger partial charge on any atom is -0.493 e. The van der Waals surface area contributed by atoms with Gasteiger partial charge in [0.1, 0.15) is 5.82 Å². The highest BCUT2D eigenvalue weighted by Crippen LogP contribution is 2.41. The number of benzene rings is 2. The second-order valence-corrected chi connectivity index (χ2v) is 5.96. The Labute approximate surface area is 156 Å². The van der Waals surface area contributed by atoms with Gasteiger partial charge in [0.25, 0.3) is 0 Å². The van der Waals surface area contributed by atoms with Crippen LogP contribution in [0.5, 0.6) is 17.2 Å². The number of ether oxygens (including phenoxy) is 3. The van der Waals surface area contributed by atoms with E-state index < -0.39 is 0 Å². The van der Waals surface area contributed by atoms with Crippen LogP contribution >= 0.6 is 0 Å². The van der Waals surface area contributed by atoms with Crippen LogP contribution in [0.25, 0.3) is 22.2 Å². The van der Waals surface area contributed by atoms with E-state index in [-0.39, 0.29) is 0 Å². The molecule has 3 N–H and O–H groups in total. The van der Waals surface area contributed by atoms with E-state index in [1.807, 2.05) is 24.3 Å². The number of H-pyrrole nitrogens is 2. The molecule has 27 heavy (non-hydrogen) atoms. The van der Waals surface area contributed by atoms with Gasteiger partial charge in [0, 0.05) is 35.0 Å². The summed E-state index contributed by atoms with van der Waals surface area (Å²) < 4.78 is 16.2. The highest BCUT2D eigenvalue weighted by atomic mass is 16.5. The first-order chi connectivity index (χ1) is 13.2. The van der Waals surface area contributed by atoms with E-state index in [2.05, 4.69) is 38.7 Å². The van der Waals surface area contributed by atoms with Gasteiger partial charge in [0.15, 0.2) is 11.5 Å². The number of aromatic nitrogens is 3. The predicted octanol–water partition coefficient (Wildman–Crippen LogP) is 4.33. The van der Waals surface area contributed by atoms with Crippen LogP contribution < -0.4 is 19.5 Å². The molecule has 4 aromatic rings. The highest BCUT2D eigenvalue weighted by Gasteiger charge is 2.14. The van der Waals surface area contributed by atoms with Crippen molar-refractivity contribution in [3.05, 3.63) is 48.7 Å². The average molecular weight is 364 g/mol. The summed E-state index contributed by atoms with van der Waals surface area (Å²) in [6.45, 7) is 0. The summed E-state index contributed by atoms with van der Waals surface area (Å²) in [7, 11) is 4.78. The van der Waals surface area contributed by atoms with Gasteiger partial charge in [-0.25, -0.2) is 0 Å². The van der Waals surface area contributed by atoms with Gasteiger partial charge in [-0.05, 0) is 12.1 Å². The molecule has 0 radical (unpaired) electrons. The molecular weight excluding hydrogens is 344 g/mol. The summed E-state index contributed by atoms with van der Waals surface area (Å²) in [6, 6.07) is 13.9. The number of anilines is 2. The maximum Gasteiger partial charge on any atom is 0.203 e. The third-order valence-corrected chi connectivity index (χ3v) is 4.39. The van der Waals surface area contributed by atoms with E-state index >= 15 is 0 Å². The molecule has 0 saturated carbocycles. The van der Waals surface area contributed by atoms with Crippen molar-refractivity contribution in [1.29, 1.82) is 0 Å². The summed E-state index contributed by atoms with van der Waals surface area (Å²) in [5.74, 6) is 2.59. The van der Waals surface area contributed by atoms with Gasteiger partial charge < -0.3 is 24.5 Å². The molecule has 0 spiro atoms. The van der Waals surface area contributed by atoms with E-state index in [9.17, 15) is 0 Å². The number of para-hydroxylation sites is 1. The Balaban J connectivity index is 1.73. The highest BCUT2D eigenvalue weighted by molar-refractivity contribution is 5.96. The second-order valence-electron chi connectivity index (χ2n) is 5.96. The topological polar surface area (TPSA) is 84.2 Å². The van der Waals surface area contributed by atoms with Crippen LogP contribution in [-0.4, -0.2) is 36.5 Å². The Hall–Kier alpha value is -3.61. The van der Waals surface area contributed by atoms with Crippen LogP contribution in [-0.2, 0) is 0 Å². The number of nitrogens with zero attached hydrogens (tertiary/aromatic N) is 1. The van der Waals surface area contributed by atoms with Gasteiger partial charge in [-0.1, -0.05) is 18.2 Å². The fourth-order valence-electron chi connectivity index (χ4n) is 3.16. The molecule has 0 saturated heterocycles. The fraction of sp³-hybridized carbons (Fsp3) is 0.150. The molecule has 0 unspecified atom stereocenters. The monoisotopic (exact) mass is 364 g/mol. The maximum absolute atomic E-state index is 5.42. The molecule has 2 aromatic heterocycles. The zero-order valence-corrected chi connectivity index (χ0v) is 15.3. The molecule has 0 atom stereocenters. The van der Waals surface area contributed by atoms with E-state index in [0.717, 1.165) is 33.7 Å². The molecule has 0 bridgehead atoms. The summed E-state index contributed by atoms with van der Waals surface area (Å²) in [6.07, 6.45) is 1.74. The van der Waals surface area contributed by atoms with Crippen molar-refractivity contribution in [3.8, 4) is 28.5 Å². The Morgan fingerprint density at radius 1 is 0.926 bits per heavy atom. The number of hydrogen-bond acceptors (Lipinski definition) is 5. The van der Waals surface area contributed by atoms with Gasteiger partial charge in [-0.3, -0.25) is 5.10 Å². The van der Waals surface area contributed by atoms with Gasteiger partial charge >= 0.3 is 0 Å². The average Bonchev–Trinajstić information content (AvgIpc) is 3.36. The molecule has 4 rings (SSSR count). The number of hydrogen-bond donors (Lipinski definition) is 3. The normalized spacial score (nSPS) is 10.8. The first-order valence-electron chi connectivity index (χ1n) is 8.42. The molecule has 138 valence electrons. The van der Waals surface area contributed by atoms with Crippen molar-refractivity contribution >= 4 is 22.4 Å². The van der Waals surface area contributed by atoms with Crippen molar-refractivity contribution < 1.29 is 14.2 Å². The van der Waals surface area contributed by atoms with Gasteiger partial charge in [-0.2, -0.15) is 5.10 Å². The van der Waals surface area contributed by atoms with E-state index in [4.69, 9.17) is 14.2 Å². The van der Waals surface area contributed by atoms with Crippen molar-refractivity contribution in [2.45, 2.75) is 0 Å². The molecule has 0 aliphatic heterocycles. The Morgan fingerprint density at radius 2 is 1.70 bits per heavy atom. The van der Waals surface area contributed by atoms with Crippen molar-refractivity contribution in [2.75, 3.05) is 26.6 Å². The van der Waals surface area contributed by atoms with Crippen LogP contribution in [0, 0.1) is 0 Å². The molecule has 7 heteroatoms. The van der Waals surface area contributed by atoms with E-state index in [1.165, 1.54) is 0 Å². The number of aromatic amines is 2. The molecule has 2 heterocycles. The third kappa shape index (κ3) is 3.03. The first-order valence-corrected chi connectivity index (χ1v) is 8.42. The number of rotatable bonds is 6. The lowest BCUT2D eigenvalue weighted by Crippen LogP contribution is -1.98. The quantitative estimate of drug-likeness (QED) is 0.474. The summed E-state index contributed by atoms with van der Waals surface area (Å²) in [4.78, 5) is 3.43. The largest absolute Gasteiger partial charge is 0.493 e. The Bertz CT molecular complexity index is 1050. The molecular formula is C20H20N4O3. The molecule has 0 aliphatic rings. The Morgan fingerprint density at radius 3 is 2.33 bits per heavy atom. The van der Waals surface area contributed by atoms with Crippen molar-refractivity contribution in [1.82, 2.24) is 15.2 Å². The maximum atomic E-state index is 5.42. The molecule has 7 nitrogen and oxygen atoms in total. The Kier molecular flexibility index (Phi) is 4.33. The lowest BCUT2D eigenvalue weighted by atomic mass is 10.1. The molecule has 2 aromatic carbocycles. The van der Waals surface area contributed by atoms with Gasteiger partial charge in [-0.15, -0.1) is 0 Å². The first kappa shape index (κ1) is 16.8. The molecule has 0 fully saturated rings. The summed E-state index contributed by atoms with van der Waals surface area (Å²) in [5, 5.41) is 11.5. The SMILES string of the molecule is COc1cc(Nc2cc3cccc(-c4ccn[nH]4)c3[nH]2)cc(OC)c1OC. The molecule has 0 amide bonds. The lowest BCUT2D eigenvalue weighted by Gasteiger charge is -2.14. The zero-order valence-electron chi connectivity index (χ0n) is 15.3. The lowest BCUT2D eigenvalue weighted by molar-refractivity contribution is 0.324. The zero-order chi connectivity index (χ0) is 18.8. The number of methoxy groups -OCH3 is 3. The number of fused-ring (bicyclic) bond motifs is 1. The van der Waals surface area contributed by atoms with Gasteiger partial charge in [0.05, 0.1) is 32.5 Å². The second kappa shape index (κ2) is 6.95. The van der Waals surface area contributed by atoms with E-state index in [1.54, 1.807) is 27.5 Å².